The number of amides is 1. The molecular formula is C11H18N2O. The van der Waals surface area contributed by atoms with Crippen LogP contribution in [0.1, 0.15) is 27.7 Å². The Hall–Kier alpha value is -1.30. The normalized spacial score (nSPS) is 12.8. The maximum atomic E-state index is 11.8. The van der Waals surface area contributed by atoms with E-state index < -0.39 is 5.92 Å². The minimum Gasteiger partial charge on any atom is -0.333 e. The molecule has 0 saturated heterocycles. The molecule has 0 rings (SSSR count). The molecule has 1 atom stereocenters. The first kappa shape index (κ1) is 12.7. The molecule has 0 aromatic carbocycles. The van der Waals surface area contributed by atoms with Gasteiger partial charge in [0.15, 0.2) is 0 Å². The Morgan fingerprint density at radius 2 is 2.14 bits per heavy atom. The first-order valence-electron chi connectivity index (χ1n) is 4.66. The van der Waals surface area contributed by atoms with Gasteiger partial charge in [0.2, 0.25) is 5.91 Å². The van der Waals surface area contributed by atoms with E-state index in [1.54, 1.807) is 17.9 Å². The third-order valence-corrected chi connectivity index (χ3v) is 1.95. The number of carbonyl (C=O) groups excluding carboxylic acids is 1. The number of nitrogens with zero attached hydrogens (tertiary/aromatic N) is 2. The van der Waals surface area contributed by atoms with Crippen molar-refractivity contribution in [2.75, 3.05) is 6.54 Å². The van der Waals surface area contributed by atoms with E-state index in [-0.39, 0.29) is 11.4 Å². The van der Waals surface area contributed by atoms with Crippen LogP contribution in [0.2, 0.25) is 0 Å². The summed E-state index contributed by atoms with van der Waals surface area (Å²) in [6.45, 7) is 11.5. The van der Waals surface area contributed by atoms with Crippen LogP contribution in [0.25, 0.3) is 0 Å². The molecule has 0 radical (unpaired) electrons. The van der Waals surface area contributed by atoms with Crippen molar-refractivity contribution in [2.24, 2.45) is 5.92 Å². The molecule has 0 fully saturated rings. The molecule has 0 aromatic heterocycles. The average molecular weight is 194 g/mol. The summed E-state index contributed by atoms with van der Waals surface area (Å²) in [7, 11) is 0. The average Bonchev–Trinajstić information content (AvgIpc) is 2.09. The van der Waals surface area contributed by atoms with Crippen LogP contribution >= 0.6 is 0 Å². The van der Waals surface area contributed by atoms with Crippen molar-refractivity contribution in [1.29, 1.82) is 5.26 Å². The van der Waals surface area contributed by atoms with Gasteiger partial charge in [-0.25, -0.2) is 0 Å². The number of hydrogen-bond donors (Lipinski definition) is 0. The van der Waals surface area contributed by atoms with E-state index in [2.05, 4.69) is 6.58 Å². The summed E-state index contributed by atoms with van der Waals surface area (Å²) in [5.41, 5.74) is -0.267. The standard InChI is InChI=1S/C11H18N2O/c1-6-7-13(11(3,4)5)10(14)9(2)8-12/h6,9H,1,7H2,2-5H3. The molecule has 1 amide bonds. The fourth-order valence-electron chi connectivity index (χ4n) is 1.11. The molecule has 0 aliphatic rings. The monoisotopic (exact) mass is 194 g/mol. The Balaban J connectivity index is 4.77. The molecule has 0 aliphatic heterocycles. The summed E-state index contributed by atoms with van der Waals surface area (Å²) in [6, 6.07) is 1.95. The Labute approximate surface area is 86.0 Å². The minimum atomic E-state index is -0.589. The highest BCUT2D eigenvalue weighted by atomic mass is 16.2. The molecule has 14 heavy (non-hydrogen) atoms. The lowest BCUT2D eigenvalue weighted by Crippen LogP contribution is -2.47. The maximum absolute atomic E-state index is 11.8. The fraction of sp³-hybridized carbons (Fsp3) is 0.636. The summed E-state index contributed by atoms with van der Waals surface area (Å²) < 4.78 is 0. The Kier molecular flexibility index (Phi) is 4.36. The molecule has 0 aromatic rings. The number of hydrogen-bond acceptors (Lipinski definition) is 2. The van der Waals surface area contributed by atoms with Gasteiger partial charge in [0.25, 0.3) is 0 Å². The highest BCUT2D eigenvalue weighted by molar-refractivity contribution is 5.81. The number of carbonyl (C=O) groups is 1. The SMILES string of the molecule is C=CCN(C(=O)C(C)C#N)C(C)(C)C. The molecule has 0 aliphatic carbocycles. The second-order valence-electron chi connectivity index (χ2n) is 4.26. The topological polar surface area (TPSA) is 44.1 Å². The van der Waals surface area contributed by atoms with Gasteiger partial charge in [-0.15, -0.1) is 6.58 Å². The van der Waals surface area contributed by atoms with Gasteiger partial charge in [-0.05, 0) is 27.7 Å². The first-order chi connectivity index (χ1) is 6.34. The fourth-order valence-corrected chi connectivity index (χ4v) is 1.11. The molecule has 0 saturated carbocycles. The molecule has 0 bridgehead atoms. The van der Waals surface area contributed by atoms with Crippen molar-refractivity contribution in [3.8, 4) is 6.07 Å². The Bertz CT molecular complexity index is 257. The lowest BCUT2D eigenvalue weighted by Gasteiger charge is -2.35. The predicted molar refractivity (Wildman–Crippen MR) is 56.4 cm³/mol. The summed E-state index contributed by atoms with van der Waals surface area (Å²) in [5, 5.41) is 8.66. The zero-order valence-corrected chi connectivity index (χ0v) is 9.37. The highest BCUT2D eigenvalue weighted by Crippen LogP contribution is 2.16. The van der Waals surface area contributed by atoms with Gasteiger partial charge in [0.1, 0.15) is 5.92 Å². The van der Waals surface area contributed by atoms with Crippen molar-refractivity contribution < 1.29 is 4.79 Å². The van der Waals surface area contributed by atoms with Gasteiger partial charge in [-0.3, -0.25) is 4.79 Å². The van der Waals surface area contributed by atoms with E-state index in [0.29, 0.717) is 6.54 Å². The highest BCUT2D eigenvalue weighted by Gasteiger charge is 2.28. The van der Waals surface area contributed by atoms with Gasteiger partial charge in [0.05, 0.1) is 6.07 Å². The second-order valence-corrected chi connectivity index (χ2v) is 4.26. The van der Waals surface area contributed by atoms with Crippen molar-refractivity contribution >= 4 is 5.91 Å². The van der Waals surface area contributed by atoms with Gasteiger partial charge in [-0.1, -0.05) is 6.08 Å². The van der Waals surface area contributed by atoms with Crippen molar-refractivity contribution in [1.82, 2.24) is 4.90 Å². The van der Waals surface area contributed by atoms with Crippen LogP contribution in [0.15, 0.2) is 12.7 Å². The molecule has 0 spiro atoms. The van der Waals surface area contributed by atoms with E-state index in [1.807, 2.05) is 26.8 Å². The number of nitriles is 1. The van der Waals surface area contributed by atoms with Crippen LogP contribution in [0, 0.1) is 17.2 Å². The molecule has 0 heterocycles. The summed E-state index contributed by atoms with van der Waals surface area (Å²) in [4.78, 5) is 13.4. The van der Waals surface area contributed by atoms with Crippen LogP contribution in [0.4, 0.5) is 0 Å². The summed E-state index contributed by atoms with van der Waals surface area (Å²) in [6.07, 6.45) is 1.67. The van der Waals surface area contributed by atoms with Crippen LogP contribution in [0.5, 0.6) is 0 Å². The Morgan fingerprint density at radius 3 is 2.43 bits per heavy atom. The van der Waals surface area contributed by atoms with Gasteiger partial charge in [0, 0.05) is 12.1 Å². The van der Waals surface area contributed by atoms with Gasteiger partial charge < -0.3 is 4.90 Å². The molecule has 3 heteroatoms. The molecule has 3 nitrogen and oxygen atoms in total. The van der Waals surface area contributed by atoms with E-state index in [9.17, 15) is 4.79 Å². The third kappa shape index (κ3) is 3.21. The predicted octanol–water partition coefficient (Wildman–Crippen LogP) is 1.96. The van der Waals surface area contributed by atoms with Crippen LogP contribution in [0.3, 0.4) is 0 Å². The minimum absolute atomic E-state index is 0.139. The van der Waals surface area contributed by atoms with Crippen molar-refractivity contribution in [2.45, 2.75) is 33.2 Å². The van der Waals surface area contributed by atoms with Gasteiger partial charge >= 0.3 is 0 Å². The molecular weight excluding hydrogens is 176 g/mol. The summed E-state index contributed by atoms with van der Waals surface area (Å²) >= 11 is 0. The second kappa shape index (κ2) is 4.80. The van der Waals surface area contributed by atoms with Crippen LogP contribution in [-0.4, -0.2) is 22.9 Å². The maximum Gasteiger partial charge on any atom is 0.240 e. The zero-order valence-electron chi connectivity index (χ0n) is 9.37. The largest absolute Gasteiger partial charge is 0.333 e. The van der Waals surface area contributed by atoms with Gasteiger partial charge in [-0.2, -0.15) is 5.26 Å². The van der Waals surface area contributed by atoms with Crippen molar-refractivity contribution in [3.63, 3.8) is 0 Å². The molecule has 78 valence electrons. The molecule has 1 unspecified atom stereocenters. The van der Waals surface area contributed by atoms with Crippen molar-refractivity contribution in [3.05, 3.63) is 12.7 Å². The third-order valence-electron chi connectivity index (χ3n) is 1.95. The number of rotatable bonds is 3. The Morgan fingerprint density at radius 1 is 1.64 bits per heavy atom. The lowest BCUT2D eigenvalue weighted by atomic mass is 10.0. The van der Waals surface area contributed by atoms with E-state index in [4.69, 9.17) is 5.26 Å². The van der Waals surface area contributed by atoms with Crippen LogP contribution in [-0.2, 0) is 4.79 Å². The van der Waals surface area contributed by atoms with E-state index in [1.165, 1.54) is 0 Å². The molecule has 0 N–H and O–H groups in total. The summed E-state index contributed by atoms with van der Waals surface area (Å²) in [5.74, 6) is -0.728. The zero-order chi connectivity index (χ0) is 11.4. The first-order valence-corrected chi connectivity index (χ1v) is 4.66. The van der Waals surface area contributed by atoms with E-state index >= 15 is 0 Å². The van der Waals surface area contributed by atoms with Crippen LogP contribution < -0.4 is 0 Å². The quantitative estimate of drug-likeness (QED) is 0.645. The lowest BCUT2D eigenvalue weighted by molar-refractivity contribution is -0.137. The van der Waals surface area contributed by atoms with E-state index in [0.717, 1.165) is 0 Å². The smallest absolute Gasteiger partial charge is 0.240 e.